The van der Waals surface area contributed by atoms with Gasteiger partial charge in [-0.1, -0.05) is 30.3 Å². The maximum Gasteiger partial charge on any atom is 0.272 e. The second-order valence-corrected chi connectivity index (χ2v) is 5.50. The lowest BCUT2D eigenvalue weighted by molar-refractivity contribution is -0.131. The lowest BCUT2D eigenvalue weighted by Gasteiger charge is -2.22. The summed E-state index contributed by atoms with van der Waals surface area (Å²) >= 11 is 0. The minimum Gasteiger partial charge on any atom is -0.395 e. The summed E-state index contributed by atoms with van der Waals surface area (Å²) in [6, 6.07) is 11.2. The zero-order valence-electron chi connectivity index (χ0n) is 13.9. The number of rotatable bonds is 7. The number of benzene rings is 1. The van der Waals surface area contributed by atoms with Crippen LogP contribution in [-0.2, 0) is 18.4 Å². The van der Waals surface area contributed by atoms with Crippen LogP contribution in [0.15, 0.2) is 36.4 Å². The van der Waals surface area contributed by atoms with Gasteiger partial charge >= 0.3 is 0 Å². The first kappa shape index (κ1) is 17.7. The first-order valence-electron chi connectivity index (χ1n) is 7.72. The third-order valence-electron chi connectivity index (χ3n) is 3.69. The van der Waals surface area contributed by atoms with Crippen LogP contribution >= 0.6 is 0 Å². The molecule has 0 aliphatic carbocycles. The van der Waals surface area contributed by atoms with Crippen LogP contribution in [0, 0.1) is 6.92 Å². The fourth-order valence-corrected chi connectivity index (χ4v) is 2.25. The second kappa shape index (κ2) is 8.26. The molecule has 0 unspecified atom stereocenters. The van der Waals surface area contributed by atoms with Gasteiger partial charge in [-0.2, -0.15) is 5.10 Å². The Bertz CT molecular complexity index is 678. The van der Waals surface area contributed by atoms with Gasteiger partial charge < -0.3 is 15.3 Å². The van der Waals surface area contributed by atoms with Crippen LogP contribution in [0.25, 0.3) is 0 Å². The summed E-state index contributed by atoms with van der Waals surface area (Å²) < 4.78 is 1.60. The summed E-state index contributed by atoms with van der Waals surface area (Å²) in [7, 11) is 1.75. The molecule has 0 radical (unpaired) electrons. The summed E-state index contributed by atoms with van der Waals surface area (Å²) in [6.45, 7) is 2.18. The minimum atomic E-state index is -0.393. The fourth-order valence-electron chi connectivity index (χ4n) is 2.25. The van der Waals surface area contributed by atoms with Gasteiger partial charge in [0.05, 0.1) is 13.2 Å². The maximum absolute atomic E-state index is 12.3. The molecule has 128 valence electrons. The molecule has 0 saturated carbocycles. The second-order valence-electron chi connectivity index (χ2n) is 5.50. The van der Waals surface area contributed by atoms with Gasteiger partial charge in [0.2, 0.25) is 5.91 Å². The molecule has 2 aromatic rings. The van der Waals surface area contributed by atoms with Gasteiger partial charge in [0.25, 0.3) is 5.91 Å². The minimum absolute atomic E-state index is 0.133. The Morgan fingerprint density at radius 3 is 2.58 bits per heavy atom. The number of amides is 2. The van der Waals surface area contributed by atoms with Crippen molar-refractivity contribution in [1.82, 2.24) is 20.0 Å². The highest BCUT2D eigenvalue weighted by atomic mass is 16.3. The lowest BCUT2D eigenvalue weighted by Crippen LogP contribution is -2.41. The number of nitrogens with zero attached hydrogens (tertiary/aromatic N) is 3. The summed E-state index contributed by atoms with van der Waals surface area (Å²) in [5.41, 5.74) is 2.10. The highest BCUT2D eigenvalue weighted by molar-refractivity contribution is 5.94. The maximum atomic E-state index is 12.3. The Hall–Kier alpha value is -2.67. The van der Waals surface area contributed by atoms with Crippen molar-refractivity contribution >= 4 is 11.8 Å². The van der Waals surface area contributed by atoms with Crippen molar-refractivity contribution < 1.29 is 14.7 Å². The van der Waals surface area contributed by atoms with Crippen molar-refractivity contribution in [3.05, 3.63) is 53.3 Å². The molecule has 2 rings (SSSR count). The molecule has 7 nitrogen and oxygen atoms in total. The van der Waals surface area contributed by atoms with Gasteiger partial charge in [0.1, 0.15) is 5.69 Å². The van der Waals surface area contributed by atoms with E-state index in [0.717, 1.165) is 11.3 Å². The molecule has 0 bridgehead atoms. The molecule has 7 heteroatoms. The first-order chi connectivity index (χ1) is 11.5. The van der Waals surface area contributed by atoms with E-state index in [0.29, 0.717) is 6.54 Å². The summed E-state index contributed by atoms with van der Waals surface area (Å²) in [5, 5.41) is 15.8. The van der Waals surface area contributed by atoms with Crippen LogP contribution in [0.5, 0.6) is 0 Å². The van der Waals surface area contributed by atoms with E-state index in [1.807, 2.05) is 37.3 Å². The van der Waals surface area contributed by atoms with Crippen molar-refractivity contribution in [3.8, 4) is 0 Å². The number of carbonyl (C=O) groups excluding carboxylic acids is 2. The highest BCUT2D eigenvalue weighted by Gasteiger charge is 2.16. The average Bonchev–Trinajstić information content (AvgIpc) is 2.92. The molecule has 0 aliphatic rings. The predicted octanol–water partition coefficient (Wildman–Crippen LogP) is 0.479. The average molecular weight is 330 g/mol. The Labute approximate surface area is 140 Å². The smallest absolute Gasteiger partial charge is 0.272 e. The zero-order valence-corrected chi connectivity index (χ0v) is 13.9. The number of hydrogen-bond acceptors (Lipinski definition) is 4. The van der Waals surface area contributed by atoms with E-state index in [9.17, 15) is 9.59 Å². The number of aliphatic hydroxyl groups is 1. The molecule has 2 amide bonds. The van der Waals surface area contributed by atoms with Gasteiger partial charge in [0.15, 0.2) is 0 Å². The van der Waals surface area contributed by atoms with Crippen molar-refractivity contribution in [2.45, 2.75) is 13.5 Å². The van der Waals surface area contributed by atoms with E-state index in [-0.39, 0.29) is 31.3 Å². The Morgan fingerprint density at radius 1 is 1.29 bits per heavy atom. The Morgan fingerprint density at radius 2 is 2.00 bits per heavy atom. The largest absolute Gasteiger partial charge is 0.395 e. The van der Waals surface area contributed by atoms with Crippen LogP contribution in [0.3, 0.4) is 0 Å². The zero-order chi connectivity index (χ0) is 17.5. The molecule has 0 fully saturated rings. The van der Waals surface area contributed by atoms with E-state index in [1.165, 1.54) is 4.90 Å². The van der Waals surface area contributed by atoms with E-state index in [4.69, 9.17) is 5.11 Å². The predicted molar refractivity (Wildman–Crippen MR) is 89.2 cm³/mol. The molecule has 24 heavy (non-hydrogen) atoms. The van der Waals surface area contributed by atoms with Crippen LogP contribution in [0.4, 0.5) is 0 Å². The van der Waals surface area contributed by atoms with E-state index < -0.39 is 5.91 Å². The molecular formula is C17H22N4O3. The molecule has 2 N–H and O–H groups in total. The van der Waals surface area contributed by atoms with Crippen molar-refractivity contribution in [3.63, 3.8) is 0 Å². The van der Waals surface area contributed by atoms with Crippen LogP contribution < -0.4 is 5.32 Å². The van der Waals surface area contributed by atoms with E-state index in [2.05, 4.69) is 10.4 Å². The van der Waals surface area contributed by atoms with E-state index >= 15 is 0 Å². The molecule has 0 atom stereocenters. The summed E-state index contributed by atoms with van der Waals surface area (Å²) in [6.07, 6.45) is 0. The molecular weight excluding hydrogens is 308 g/mol. The summed E-state index contributed by atoms with van der Waals surface area (Å²) in [4.78, 5) is 25.9. The van der Waals surface area contributed by atoms with Crippen LogP contribution in [-0.4, -0.2) is 51.3 Å². The molecule has 1 aromatic heterocycles. The number of aromatic nitrogens is 2. The SMILES string of the molecule is Cc1cc(C(=O)NCC(=O)N(CCO)Cc2ccccc2)nn1C. The van der Waals surface area contributed by atoms with Crippen LogP contribution in [0.1, 0.15) is 21.7 Å². The van der Waals surface area contributed by atoms with Gasteiger partial charge in [0, 0.05) is 25.8 Å². The quantitative estimate of drug-likeness (QED) is 0.773. The normalized spacial score (nSPS) is 10.5. The highest BCUT2D eigenvalue weighted by Crippen LogP contribution is 2.05. The van der Waals surface area contributed by atoms with Gasteiger partial charge in [-0.25, -0.2) is 0 Å². The van der Waals surface area contributed by atoms with Crippen molar-refractivity contribution in [2.24, 2.45) is 7.05 Å². The Kier molecular flexibility index (Phi) is 6.08. The molecule has 0 spiro atoms. The molecule has 0 saturated heterocycles. The lowest BCUT2D eigenvalue weighted by atomic mass is 10.2. The fraction of sp³-hybridized carbons (Fsp3) is 0.353. The molecule has 0 aliphatic heterocycles. The van der Waals surface area contributed by atoms with E-state index in [1.54, 1.807) is 17.8 Å². The third-order valence-corrected chi connectivity index (χ3v) is 3.69. The van der Waals surface area contributed by atoms with Crippen molar-refractivity contribution in [2.75, 3.05) is 19.7 Å². The first-order valence-corrected chi connectivity index (χ1v) is 7.72. The molecule has 1 heterocycles. The van der Waals surface area contributed by atoms with Gasteiger partial charge in [-0.3, -0.25) is 14.3 Å². The summed E-state index contributed by atoms with van der Waals surface area (Å²) in [5.74, 6) is -0.649. The standard InChI is InChI=1S/C17H22N4O3/c1-13-10-15(19-20(13)2)17(24)18-11-16(23)21(8-9-22)12-14-6-4-3-5-7-14/h3-7,10,22H,8-9,11-12H2,1-2H3,(H,18,24). The number of aryl methyl sites for hydroxylation is 2. The number of aliphatic hydroxyl groups excluding tert-OH is 1. The van der Waals surface area contributed by atoms with Gasteiger partial charge in [-0.15, -0.1) is 0 Å². The van der Waals surface area contributed by atoms with Gasteiger partial charge in [-0.05, 0) is 18.6 Å². The van der Waals surface area contributed by atoms with Crippen LogP contribution in [0.2, 0.25) is 0 Å². The number of nitrogens with one attached hydrogen (secondary N) is 1. The molecule has 1 aromatic carbocycles. The third kappa shape index (κ3) is 4.66. The van der Waals surface area contributed by atoms with Crippen molar-refractivity contribution in [1.29, 1.82) is 0 Å². The monoisotopic (exact) mass is 330 g/mol. The number of carbonyl (C=O) groups is 2. The number of hydrogen-bond donors (Lipinski definition) is 2. The Balaban J connectivity index is 1.93. The topological polar surface area (TPSA) is 87.5 Å².